The Morgan fingerprint density at radius 3 is 2.16 bits per heavy atom. The van der Waals surface area contributed by atoms with Crippen molar-refractivity contribution in [3.63, 3.8) is 0 Å². The molecule has 0 aliphatic heterocycles. The second-order valence-electron chi connectivity index (χ2n) is 8.23. The minimum Gasteiger partial charge on any atom is -0.478 e. The molecule has 3 aromatic carbocycles. The Balaban J connectivity index is 1.42. The van der Waals surface area contributed by atoms with Crippen LogP contribution in [0.3, 0.4) is 0 Å². The number of anilines is 1. The molecular formula is C26H23NO4. The van der Waals surface area contributed by atoms with E-state index in [1.165, 1.54) is 16.0 Å². The fourth-order valence-corrected chi connectivity index (χ4v) is 4.47. The molecule has 5 heteroatoms. The molecule has 0 bridgehead atoms. The van der Waals surface area contributed by atoms with Crippen molar-refractivity contribution in [1.29, 1.82) is 0 Å². The maximum atomic E-state index is 13.2. The van der Waals surface area contributed by atoms with Gasteiger partial charge in [-0.05, 0) is 54.2 Å². The summed E-state index contributed by atoms with van der Waals surface area (Å²) >= 11 is 0. The second kappa shape index (κ2) is 7.58. The number of ether oxygens (including phenoxy) is 1. The van der Waals surface area contributed by atoms with Gasteiger partial charge in [0, 0.05) is 12.0 Å². The number of nitrogens with zero attached hydrogens (tertiary/aromatic N) is 1. The van der Waals surface area contributed by atoms with E-state index in [0.717, 1.165) is 29.5 Å². The SMILES string of the molecule is Cc1ccc(N(C(=O)OCC2c3ccccc3-c3ccccc32)C2CC2)c(C(=O)O)c1. The van der Waals surface area contributed by atoms with Gasteiger partial charge in [0.05, 0.1) is 11.3 Å². The Bertz CT molecular complexity index is 1140. The lowest BCUT2D eigenvalue weighted by atomic mass is 9.98. The van der Waals surface area contributed by atoms with E-state index in [2.05, 4.69) is 24.3 Å². The monoisotopic (exact) mass is 413 g/mol. The average Bonchev–Trinajstić information content (AvgIpc) is 3.55. The summed E-state index contributed by atoms with van der Waals surface area (Å²) in [5, 5.41) is 9.67. The minimum atomic E-state index is -1.05. The molecule has 0 saturated heterocycles. The molecule has 156 valence electrons. The van der Waals surface area contributed by atoms with Crippen LogP contribution >= 0.6 is 0 Å². The van der Waals surface area contributed by atoms with Gasteiger partial charge >= 0.3 is 12.1 Å². The lowest BCUT2D eigenvalue weighted by Gasteiger charge is -2.25. The Labute approximate surface area is 180 Å². The quantitative estimate of drug-likeness (QED) is 0.590. The van der Waals surface area contributed by atoms with E-state index < -0.39 is 12.1 Å². The average molecular weight is 413 g/mol. The molecule has 1 fully saturated rings. The number of rotatable bonds is 5. The van der Waals surface area contributed by atoms with Crippen molar-refractivity contribution < 1.29 is 19.4 Å². The number of amides is 1. The number of carbonyl (C=O) groups is 2. The van der Waals surface area contributed by atoms with Gasteiger partial charge in [-0.1, -0.05) is 60.2 Å². The molecule has 0 atom stereocenters. The zero-order valence-electron chi connectivity index (χ0n) is 17.2. The van der Waals surface area contributed by atoms with E-state index in [-0.39, 0.29) is 24.1 Å². The van der Waals surface area contributed by atoms with Gasteiger partial charge in [-0.15, -0.1) is 0 Å². The summed E-state index contributed by atoms with van der Waals surface area (Å²) in [6, 6.07) is 21.5. The van der Waals surface area contributed by atoms with Crippen molar-refractivity contribution in [3.8, 4) is 11.1 Å². The number of aromatic carboxylic acids is 1. The van der Waals surface area contributed by atoms with Crippen LogP contribution in [-0.2, 0) is 4.74 Å². The van der Waals surface area contributed by atoms with Crippen LogP contribution in [-0.4, -0.2) is 29.8 Å². The number of carbonyl (C=O) groups excluding carboxylic acids is 1. The first-order valence-electron chi connectivity index (χ1n) is 10.5. The third-order valence-corrected chi connectivity index (χ3v) is 6.09. The van der Waals surface area contributed by atoms with Gasteiger partial charge in [0.15, 0.2) is 0 Å². The molecule has 5 rings (SSSR count). The number of aryl methyl sites for hydroxylation is 1. The first-order chi connectivity index (χ1) is 15.0. The van der Waals surface area contributed by atoms with Crippen molar-refractivity contribution in [2.24, 2.45) is 0 Å². The van der Waals surface area contributed by atoms with Crippen LogP contribution < -0.4 is 4.90 Å². The van der Waals surface area contributed by atoms with Crippen LogP contribution in [0.5, 0.6) is 0 Å². The van der Waals surface area contributed by atoms with E-state index in [1.54, 1.807) is 12.1 Å². The van der Waals surface area contributed by atoms with Gasteiger partial charge in [0.1, 0.15) is 6.61 Å². The Morgan fingerprint density at radius 1 is 0.968 bits per heavy atom. The third kappa shape index (κ3) is 3.46. The molecule has 0 heterocycles. The second-order valence-corrected chi connectivity index (χ2v) is 8.23. The van der Waals surface area contributed by atoms with Crippen LogP contribution in [0.1, 0.15) is 45.8 Å². The summed E-state index contributed by atoms with van der Waals surface area (Å²) in [6.45, 7) is 2.05. The van der Waals surface area contributed by atoms with Crippen molar-refractivity contribution in [1.82, 2.24) is 0 Å². The minimum absolute atomic E-state index is 0.0172. The Kier molecular flexibility index (Phi) is 4.74. The number of fused-ring (bicyclic) bond motifs is 3. The zero-order valence-corrected chi connectivity index (χ0v) is 17.2. The molecule has 0 unspecified atom stereocenters. The summed E-state index contributed by atoms with van der Waals surface area (Å²) < 4.78 is 5.82. The zero-order chi connectivity index (χ0) is 21.5. The number of benzene rings is 3. The number of carboxylic acids is 1. The standard InChI is InChI=1S/C26H23NO4/c1-16-10-13-24(22(14-16)25(28)29)27(17-11-12-17)26(30)31-15-23-20-8-4-2-6-18(20)19-7-3-5-9-21(19)23/h2-10,13-14,17,23H,11-12,15H2,1H3,(H,28,29). The van der Waals surface area contributed by atoms with Crippen LogP contribution in [0, 0.1) is 6.92 Å². The summed E-state index contributed by atoms with van der Waals surface area (Å²) in [6.07, 6.45) is 1.20. The fourth-order valence-electron chi connectivity index (χ4n) is 4.47. The molecule has 2 aliphatic carbocycles. The van der Waals surface area contributed by atoms with Crippen molar-refractivity contribution in [3.05, 3.63) is 89.0 Å². The lowest BCUT2D eigenvalue weighted by Crippen LogP contribution is -2.35. The normalized spacial score (nSPS) is 14.6. The van der Waals surface area contributed by atoms with Crippen molar-refractivity contribution >= 4 is 17.7 Å². The highest BCUT2D eigenvalue weighted by molar-refractivity contribution is 6.00. The predicted octanol–water partition coefficient (Wildman–Crippen LogP) is 5.61. The van der Waals surface area contributed by atoms with E-state index in [4.69, 9.17) is 4.74 Å². The molecule has 31 heavy (non-hydrogen) atoms. The van der Waals surface area contributed by atoms with E-state index >= 15 is 0 Å². The van der Waals surface area contributed by atoms with Gasteiger partial charge in [0.25, 0.3) is 0 Å². The summed E-state index contributed by atoms with van der Waals surface area (Å²) in [7, 11) is 0. The Hall–Kier alpha value is -3.60. The molecule has 0 aromatic heterocycles. The van der Waals surface area contributed by atoms with Crippen molar-refractivity contribution in [2.45, 2.75) is 31.7 Å². The van der Waals surface area contributed by atoms with Gasteiger partial charge in [-0.2, -0.15) is 0 Å². The summed E-state index contributed by atoms with van der Waals surface area (Å²) in [5.41, 5.74) is 6.00. The van der Waals surface area contributed by atoms with Crippen LogP contribution in [0.25, 0.3) is 11.1 Å². The number of hydrogen-bond donors (Lipinski definition) is 1. The lowest BCUT2D eigenvalue weighted by molar-refractivity contribution is 0.0697. The van der Waals surface area contributed by atoms with Gasteiger partial charge in [-0.3, -0.25) is 4.90 Å². The van der Waals surface area contributed by atoms with Crippen molar-refractivity contribution in [2.75, 3.05) is 11.5 Å². The number of hydrogen-bond acceptors (Lipinski definition) is 3. The fraction of sp³-hybridized carbons (Fsp3) is 0.231. The highest BCUT2D eigenvalue weighted by Crippen LogP contribution is 2.44. The molecule has 1 N–H and O–H groups in total. The topological polar surface area (TPSA) is 66.8 Å². The third-order valence-electron chi connectivity index (χ3n) is 6.09. The van der Waals surface area contributed by atoms with Crippen LogP contribution in [0.15, 0.2) is 66.7 Å². The molecule has 1 amide bonds. The van der Waals surface area contributed by atoms with Gasteiger partial charge in [0.2, 0.25) is 0 Å². The number of carboxylic acid groups (broad SMARTS) is 1. The van der Waals surface area contributed by atoms with Crippen LogP contribution in [0.4, 0.5) is 10.5 Å². The maximum absolute atomic E-state index is 13.2. The molecule has 3 aromatic rings. The Morgan fingerprint density at radius 2 is 1.58 bits per heavy atom. The largest absolute Gasteiger partial charge is 0.478 e. The van der Waals surface area contributed by atoms with E-state index in [9.17, 15) is 14.7 Å². The molecule has 0 radical (unpaired) electrons. The predicted molar refractivity (Wildman–Crippen MR) is 119 cm³/mol. The molecular weight excluding hydrogens is 390 g/mol. The summed E-state index contributed by atoms with van der Waals surface area (Å²) in [5.74, 6) is -1.08. The van der Waals surface area contributed by atoms with Gasteiger partial charge in [-0.25, -0.2) is 9.59 Å². The van der Waals surface area contributed by atoms with E-state index in [0.29, 0.717) is 5.69 Å². The van der Waals surface area contributed by atoms with Gasteiger partial charge < -0.3 is 9.84 Å². The highest BCUT2D eigenvalue weighted by atomic mass is 16.6. The first kappa shape index (κ1) is 19.4. The summed E-state index contributed by atoms with van der Waals surface area (Å²) in [4.78, 5) is 26.5. The van der Waals surface area contributed by atoms with Crippen LogP contribution in [0.2, 0.25) is 0 Å². The molecule has 2 aliphatic rings. The molecule has 5 nitrogen and oxygen atoms in total. The smallest absolute Gasteiger partial charge is 0.414 e. The first-order valence-corrected chi connectivity index (χ1v) is 10.5. The highest BCUT2D eigenvalue weighted by Gasteiger charge is 2.38. The molecule has 1 saturated carbocycles. The molecule has 0 spiro atoms. The maximum Gasteiger partial charge on any atom is 0.414 e. The van der Waals surface area contributed by atoms with E-state index in [1.807, 2.05) is 37.3 Å².